The predicted octanol–water partition coefficient (Wildman–Crippen LogP) is 6.59. The molecule has 30 heavy (non-hydrogen) atoms. The van der Waals surface area contributed by atoms with Crippen molar-refractivity contribution >= 4 is 18.0 Å². The van der Waals surface area contributed by atoms with Gasteiger partial charge in [-0.3, -0.25) is 0 Å². The predicted molar refractivity (Wildman–Crippen MR) is 123 cm³/mol. The molecule has 0 aliphatic carbocycles. The van der Waals surface area contributed by atoms with E-state index < -0.39 is 11.9 Å². The summed E-state index contributed by atoms with van der Waals surface area (Å²) in [5.74, 6) is -0.552. The van der Waals surface area contributed by atoms with Crippen LogP contribution in [0, 0.1) is 11.8 Å². The zero-order valence-corrected chi connectivity index (χ0v) is 19.3. The molecule has 0 saturated carbocycles. The topological polar surface area (TPSA) is 52.6 Å². The molecule has 0 radical (unpaired) electrons. The Morgan fingerprint density at radius 3 is 1.67 bits per heavy atom. The van der Waals surface area contributed by atoms with Crippen molar-refractivity contribution in [3.05, 3.63) is 41.5 Å². The van der Waals surface area contributed by atoms with Gasteiger partial charge < -0.3 is 9.47 Å². The maximum Gasteiger partial charge on any atom is 0.345 e. The molecular weight excluding hydrogens is 376 g/mol. The van der Waals surface area contributed by atoms with Crippen LogP contribution in [-0.4, -0.2) is 25.2 Å². The van der Waals surface area contributed by atoms with Crippen LogP contribution in [0.4, 0.5) is 0 Å². The molecule has 4 nitrogen and oxygen atoms in total. The van der Waals surface area contributed by atoms with Gasteiger partial charge in [0.05, 0.1) is 13.2 Å². The molecule has 0 spiro atoms. The van der Waals surface area contributed by atoms with Gasteiger partial charge in [-0.05, 0) is 36.3 Å². The van der Waals surface area contributed by atoms with Crippen LogP contribution in [0.5, 0.6) is 0 Å². The lowest BCUT2D eigenvalue weighted by Gasteiger charge is -2.17. The van der Waals surface area contributed by atoms with E-state index >= 15 is 0 Å². The average molecular weight is 417 g/mol. The quantitative estimate of drug-likeness (QED) is 0.140. The summed E-state index contributed by atoms with van der Waals surface area (Å²) in [5, 5.41) is 0. The summed E-state index contributed by atoms with van der Waals surface area (Å²) in [7, 11) is 0. The Labute approximate surface area is 183 Å². The maximum atomic E-state index is 12.8. The highest BCUT2D eigenvalue weighted by Gasteiger charge is 2.23. The summed E-state index contributed by atoms with van der Waals surface area (Å²) in [6, 6.07) is 9.35. The molecule has 2 atom stereocenters. The Kier molecular flexibility index (Phi) is 13.6. The smallest absolute Gasteiger partial charge is 0.345 e. The van der Waals surface area contributed by atoms with Crippen molar-refractivity contribution < 1.29 is 19.1 Å². The second-order valence-electron chi connectivity index (χ2n) is 8.00. The molecule has 0 bridgehead atoms. The van der Waals surface area contributed by atoms with E-state index in [1.54, 1.807) is 6.08 Å². The van der Waals surface area contributed by atoms with Gasteiger partial charge >= 0.3 is 11.9 Å². The molecule has 2 unspecified atom stereocenters. The van der Waals surface area contributed by atoms with E-state index in [1.807, 2.05) is 30.3 Å². The van der Waals surface area contributed by atoms with Crippen LogP contribution < -0.4 is 0 Å². The monoisotopic (exact) mass is 416 g/mol. The summed E-state index contributed by atoms with van der Waals surface area (Å²) in [4.78, 5) is 25.6. The lowest BCUT2D eigenvalue weighted by molar-refractivity contribution is -0.148. The van der Waals surface area contributed by atoms with Gasteiger partial charge in [-0.2, -0.15) is 0 Å². The van der Waals surface area contributed by atoms with Gasteiger partial charge in [-0.1, -0.05) is 96.6 Å². The van der Waals surface area contributed by atoms with Gasteiger partial charge in [0, 0.05) is 0 Å². The second kappa shape index (κ2) is 15.7. The van der Waals surface area contributed by atoms with Crippen molar-refractivity contribution in [3.63, 3.8) is 0 Å². The minimum atomic E-state index is -0.597. The Morgan fingerprint density at radius 2 is 1.27 bits per heavy atom. The highest BCUT2D eigenvalue weighted by molar-refractivity contribution is 6.17. The van der Waals surface area contributed by atoms with Gasteiger partial charge in [0.25, 0.3) is 0 Å². The van der Waals surface area contributed by atoms with Gasteiger partial charge in [-0.25, -0.2) is 9.59 Å². The zero-order valence-electron chi connectivity index (χ0n) is 19.3. The van der Waals surface area contributed by atoms with E-state index in [1.165, 1.54) is 0 Å². The molecule has 0 heterocycles. The molecule has 4 heteroatoms. The Balaban J connectivity index is 2.85. The third-order valence-electron chi connectivity index (χ3n) is 5.54. The highest BCUT2D eigenvalue weighted by atomic mass is 16.6. The molecule has 0 saturated heterocycles. The van der Waals surface area contributed by atoms with Gasteiger partial charge in [-0.15, -0.1) is 0 Å². The fourth-order valence-electron chi connectivity index (χ4n) is 3.26. The number of hydrogen-bond donors (Lipinski definition) is 0. The lowest BCUT2D eigenvalue weighted by atomic mass is 10.0. The maximum absolute atomic E-state index is 12.8. The highest BCUT2D eigenvalue weighted by Crippen LogP contribution is 2.17. The van der Waals surface area contributed by atoms with Crippen LogP contribution in [0.1, 0.15) is 84.6 Å². The molecule has 0 fully saturated rings. The second-order valence-corrected chi connectivity index (χ2v) is 8.00. The number of esters is 2. The minimum absolute atomic E-state index is 0.0307. The van der Waals surface area contributed by atoms with E-state index in [4.69, 9.17) is 9.47 Å². The number of hydrogen-bond acceptors (Lipinski definition) is 4. The van der Waals surface area contributed by atoms with Crippen LogP contribution in [-0.2, 0) is 19.1 Å². The van der Waals surface area contributed by atoms with Crippen LogP contribution in [0.25, 0.3) is 6.08 Å². The summed E-state index contributed by atoms with van der Waals surface area (Å²) in [6.45, 7) is 9.18. The van der Waals surface area contributed by atoms with Crippen molar-refractivity contribution in [2.45, 2.75) is 79.1 Å². The first-order chi connectivity index (χ1) is 14.5. The summed E-state index contributed by atoms with van der Waals surface area (Å²) in [5.41, 5.74) is 0.745. The Bertz CT molecular complexity index is 602. The van der Waals surface area contributed by atoms with E-state index in [0.29, 0.717) is 25.0 Å². The number of unbranched alkanes of at least 4 members (excludes halogenated alkanes) is 2. The first kappa shape index (κ1) is 25.9. The van der Waals surface area contributed by atoms with Gasteiger partial charge in [0.1, 0.15) is 5.57 Å². The SMILES string of the molecule is CCCCC(CC)COC(=O)C(=Cc1ccccc1)C(=O)OCC(CC)CCCC. The summed E-state index contributed by atoms with van der Waals surface area (Å²) in [6.07, 6.45) is 9.98. The molecule has 0 aliphatic rings. The summed E-state index contributed by atoms with van der Waals surface area (Å²) < 4.78 is 11.1. The fourth-order valence-corrected chi connectivity index (χ4v) is 3.26. The number of ether oxygens (including phenoxy) is 2. The molecule has 0 aliphatic heterocycles. The van der Waals surface area contributed by atoms with Crippen molar-refractivity contribution in [3.8, 4) is 0 Å². The largest absolute Gasteiger partial charge is 0.462 e. The van der Waals surface area contributed by atoms with Crippen molar-refractivity contribution in [1.82, 2.24) is 0 Å². The number of carbonyl (C=O) groups excluding carboxylic acids is 2. The van der Waals surface area contributed by atoms with Crippen molar-refractivity contribution in [2.75, 3.05) is 13.2 Å². The normalized spacial score (nSPS) is 12.7. The molecule has 0 N–H and O–H groups in total. The van der Waals surface area contributed by atoms with Crippen LogP contribution in [0.3, 0.4) is 0 Å². The average Bonchev–Trinajstić information content (AvgIpc) is 2.78. The third kappa shape index (κ3) is 10.1. The first-order valence-corrected chi connectivity index (χ1v) is 11.7. The molecule has 0 amide bonds. The van der Waals surface area contributed by atoms with Crippen LogP contribution in [0.2, 0.25) is 0 Å². The third-order valence-corrected chi connectivity index (χ3v) is 5.54. The van der Waals surface area contributed by atoms with Crippen molar-refractivity contribution in [2.24, 2.45) is 11.8 Å². The molecule has 1 rings (SSSR count). The molecule has 0 aromatic heterocycles. The van der Waals surface area contributed by atoms with Crippen molar-refractivity contribution in [1.29, 1.82) is 0 Å². The van der Waals surface area contributed by atoms with Gasteiger partial charge in [0.2, 0.25) is 0 Å². The standard InChI is InChI=1S/C26H40O4/c1-5-9-14-21(7-3)19-29-25(27)24(18-23-16-12-11-13-17-23)26(28)30-20-22(8-4)15-10-6-2/h11-13,16-18,21-22H,5-10,14-15,19-20H2,1-4H3. The van der Waals surface area contributed by atoms with Gasteiger partial charge in [0.15, 0.2) is 0 Å². The van der Waals surface area contributed by atoms with Crippen LogP contribution >= 0.6 is 0 Å². The summed E-state index contributed by atoms with van der Waals surface area (Å²) >= 11 is 0. The lowest BCUT2D eigenvalue weighted by Crippen LogP contribution is -2.23. The Morgan fingerprint density at radius 1 is 0.800 bits per heavy atom. The molecule has 1 aromatic rings. The molecule has 168 valence electrons. The fraction of sp³-hybridized carbons (Fsp3) is 0.615. The van der Waals surface area contributed by atoms with E-state index in [9.17, 15) is 9.59 Å². The van der Waals surface area contributed by atoms with Crippen LogP contribution in [0.15, 0.2) is 35.9 Å². The Hall–Kier alpha value is -2.10. The van der Waals surface area contributed by atoms with E-state index in [-0.39, 0.29) is 5.57 Å². The number of carbonyl (C=O) groups is 2. The number of rotatable bonds is 15. The van der Waals surface area contributed by atoms with E-state index in [2.05, 4.69) is 27.7 Å². The molecule has 1 aromatic carbocycles. The first-order valence-electron chi connectivity index (χ1n) is 11.7. The minimum Gasteiger partial charge on any atom is -0.462 e. The zero-order chi connectivity index (χ0) is 22.2. The number of benzene rings is 1. The van der Waals surface area contributed by atoms with E-state index in [0.717, 1.165) is 56.9 Å². The molecular formula is C26H40O4.